The molecular formula is C9H16F3NO3. The number of nitrogens with one attached hydrogen (secondary N) is 1. The fourth-order valence-electron chi connectivity index (χ4n) is 0.848. The smallest absolute Gasteiger partial charge is 0.382 e. The summed E-state index contributed by atoms with van der Waals surface area (Å²) in [6, 6.07) is 0. The van der Waals surface area contributed by atoms with Crippen molar-refractivity contribution in [3.05, 3.63) is 0 Å². The average Bonchev–Trinajstić information content (AvgIpc) is 2.12. The number of carbonyl (C=O) groups is 1. The van der Waals surface area contributed by atoms with E-state index < -0.39 is 30.3 Å². The van der Waals surface area contributed by atoms with Crippen molar-refractivity contribution in [3.63, 3.8) is 0 Å². The van der Waals surface area contributed by atoms with Crippen molar-refractivity contribution in [2.75, 3.05) is 13.7 Å². The maximum Gasteiger partial charge on any atom is 0.416 e. The molecule has 2 N–H and O–H groups in total. The minimum Gasteiger partial charge on any atom is -0.382 e. The number of methoxy groups -OCH3 is 1. The predicted molar refractivity (Wildman–Crippen MR) is 50.8 cm³/mol. The van der Waals surface area contributed by atoms with E-state index in [2.05, 4.69) is 0 Å². The molecule has 96 valence electrons. The van der Waals surface area contributed by atoms with Gasteiger partial charge >= 0.3 is 6.18 Å². The summed E-state index contributed by atoms with van der Waals surface area (Å²) < 4.78 is 40.6. The first-order valence-corrected chi connectivity index (χ1v) is 4.65. The number of ether oxygens (including phenoxy) is 1. The van der Waals surface area contributed by atoms with Crippen molar-refractivity contribution in [2.45, 2.75) is 38.1 Å². The van der Waals surface area contributed by atoms with Crippen LogP contribution in [-0.2, 0) is 9.53 Å². The quantitative estimate of drug-likeness (QED) is 0.752. The van der Waals surface area contributed by atoms with Gasteiger partial charge in [-0.15, -0.1) is 0 Å². The van der Waals surface area contributed by atoms with E-state index in [4.69, 9.17) is 9.84 Å². The zero-order valence-corrected chi connectivity index (χ0v) is 9.39. The van der Waals surface area contributed by atoms with Crippen molar-refractivity contribution in [1.29, 1.82) is 0 Å². The van der Waals surface area contributed by atoms with E-state index in [1.807, 2.05) is 5.32 Å². The highest BCUT2D eigenvalue weighted by Crippen LogP contribution is 2.19. The van der Waals surface area contributed by atoms with Crippen LogP contribution in [0.5, 0.6) is 0 Å². The molecule has 0 radical (unpaired) electrons. The Morgan fingerprint density at radius 1 is 1.44 bits per heavy atom. The van der Waals surface area contributed by atoms with Gasteiger partial charge in [-0.2, -0.15) is 13.2 Å². The van der Waals surface area contributed by atoms with Gasteiger partial charge in [0, 0.05) is 7.11 Å². The Labute approximate surface area is 91.8 Å². The highest BCUT2D eigenvalue weighted by molar-refractivity contribution is 5.76. The molecule has 0 aromatic carbocycles. The van der Waals surface area contributed by atoms with Crippen LogP contribution < -0.4 is 5.32 Å². The predicted octanol–water partition coefficient (Wildman–Crippen LogP) is 0.841. The Balaban J connectivity index is 4.00. The zero-order chi connectivity index (χ0) is 13.0. The Bertz CT molecular complexity index is 241. The molecule has 4 nitrogen and oxygen atoms in total. The molecule has 1 amide bonds. The van der Waals surface area contributed by atoms with Crippen molar-refractivity contribution in [1.82, 2.24) is 5.32 Å². The number of aliphatic hydroxyl groups is 1. The molecule has 1 unspecified atom stereocenters. The fourth-order valence-corrected chi connectivity index (χ4v) is 0.848. The lowest BCUT2D eigenvalue weighted by atomic mass is 10.1. The molecule has 16 heavy (non-hydrogen) atoms. The first-order valence-electron chi connectivity index (χ1n) is 4.65. The maximum absolute atomic E-state index is 11.9. The lowest BCUT2D eigenvalue weighted by molar-refractivity contribution is -0.201. The number of alkyl halides is 3. The first kappa shape index (κ1) is 15.2. The van der Waals surface area contributed by atoms with Crippen molar-refractivity contribution in [2.24, 2.45) is 0 Å². The second-order valence-electron chi connectivity index (χ2n) is 4.00. The first-order chi connectivity index (χ1) is 7.08. The molecule has 0 heterocycles. The van der Waals surface area contributed by atoms with E-state index >= 15 is 0 Å². The third kappa shape index (κ3) is 5.92. The molecule has 0 aromatic rings. The van der Waals surface area contributed by atoms with Gasteiger partial charge < -0.3 is 15.2 Å². The van der Waals surface area contributed by atoms with Crippen LogP contribution in [0, 0.1) is 0 Å². The minimum atomic E-state index is -4.72. The van der Waals surface area contributed by atoms with Gasteiger partial charge in [0.15, 0.2) is 6.10 Å². The molecule has 0 saturated carbocycles. The van der Waals surface area contributed by atoms with Crippen LogP contribution >= 0.6 is 0 Å². The summed E-state index contributed by atoms with van der Waals surface area (Å²) in [6.07, 6.45) is -7.33. The van der Waals surface area contributed by atoms with Crippen LogP contribution in [0.2, 0.25) is 0 Å². The molecule has 0 aromatic heterocycles. The zero-order valence-electron chi connectivity index (χ0n) is 9.39. The SMILES string of the molecule is COC(C)(C)CC(=O)NCC(O)C(F)(F)F. The molecular weight excluding hydrogens is 227 g/mol. The highest BCUT2D eigenvalue weighted by atomic mass is 19.4. The third-order valence-corrected chi connectivity index (χ3v) is 2.01. The Morgan fingerprint density at radius 3 is 2.31 bits per heavy atom. The van der Waals surface area contributed by atoms with Crippen LogP contribution in [0.25, 0.3) is 0 Å². The van der Waals surface area contributed by atoms with Gasteiger partial charge in [-0.1, -0.05) is 0 Å². The number of rotatable bonds is 5. The summed E-state index contributed by atoms with van der Waals surface area (Å²) in [6.45, 7) is 2.42. The number of carbonyl (C=O) groups excluding carboxylic acids is 1. The van der Waals surface area contributed by atoms with Crippen molar-refractivity contribution < 1.29 is 27.8 Å². The van der Waals surface area contributed by atoms with Crippen LogP contribution in [0.1, 0.15) is 20.3 Å². The van der Waals surface area contributed by atoms with Crippen LogP contribution in [-0.4, -0.2) is 42.5 Å². The van der Waals surface area contributed by atoms with Gasteiger partial charge in [-0.3, -0.25) is 4.79 Å². The molecule has 7 heteroatoms. The second kappa shape index (κ2) is 5.49. The number of halogens is 3. The molecule has 0 rings (SSSR count). The van der Waals surface area contributed by atoms with Gasteiger partial charge in [0.25, 0.3) is 0 Å². The monoisotopic (exact) mass is 243 g/mol. The summed E-state index contributed by atoms with van der Waals surface area (Å²) in [5.74, 6) is -0.602. The van der Waals surface area contributed by atoms with E-state index in [0.717, 1.165) is 0 Å². The molecule has 0 fully saturated rings. The van der Waals surface area contributed by atoms with Gasteiger partial charge in [0.05, 0.1) is 18.6 Å². The van der Waals surface area contributed by atoms with E-state index in [0.29, 0.717) is 0 Å². The fraction of sp³-hybridized carbons (Fsp3) is 0.889. The molecule has 0 aliphatic carbocycles. The third-order valence-electron chi connectivity index (χ3n) is 2.01. The highest BCUT2D eigenvalue weighted by Gasteiger charge is 2.38. The maximum atomic E-state index is 11.9. The van der Waals surface area contributed by atoms with Crippen LogP contribution in [0.4, 0.5) is 13.2 Å². The summed E-state index contributed by atoms with van der Waals surface area (Å²) in [5, 5.41) is 10.6. The average molecular weight is 243 g/mol. The Morgan fingerprint density at radius 2 is 1.94 bits per heavy atom. The van der Waals surface area contributed by atoms with E-state index in [-0.39, 0.29) is 6.42 Å². The summed E-state index contributed by atoms with van der Waals surface area (Å²) >= 11 is 0. The molecule has 0 aliphatic heterocycles. The van der Waals surface area contributed by atoms with Gasteiger partial charge in [0.1, 0.15) is 0 Å². The van der Waals surface area contributed by atoms with Crippen LogP contribution in [0.3, 0.4) is 0 Å². The molecule has 0 spiro atoms. The van der Waals surface area contributed by atoms with Crippen molar-refractivity contribution in [3.8, 4) is 0 Å². The summed E-state index contributed by atoms with van der Waals surface area (Å²) in [7, 11) is 1.40. The standard InChI is InChI=1S/C9H16F3NO3/c1-8(2,16-3)4-7(15)13-5-6(14)9(10,11)12/h6,14H,4-5H2,1-3H3,(H,13,15). The van der Waals surface area contributed by atoms with Gasteiger partial charge in [-0.05, 0) is 13.8 Å². The lowest BCUT2D eigenvalue weighted by Gasteiger charge is -2.22. The van der Waals surface area contributed by atoms with Crippen molar-refractivity contribution >= 4 is 5.91 Å². The Kier molecular flexibility index (Phi) is 5.21. The number of hydrogen-bond acceptors (Lipinski definition) is 3. The van der Waals surface area contributed by atoms with E-state index in [9.17, 15) is 18.0 Å². The normalized spacial score (nSPS) is 14.7. The van der Waals surface area contributed by atoms with E-state index in [1.165, 1.54) is 7.11 Å². The lowest BCUT2D eigenvalue weighted by Crippen LogP contribution is -2.42. The van der Waals surface area contributed by atoms with Gasteiger partial charge in [0.2, 0.25) is 5.91 Å². The Hall–Kier alpha value is -0.820. The second-order valence-corrected chi connectivity index (χ2v) is 4.00. The number of hydrogen-bond donors (Lipinski definition) is 2. The summed E-state index contributed by atoms with van der Waals surface area (Å²) in [5.41, 5.74) is -0.743. The number of aliphatic hydroxyl groups excluding tert-OH is 1. The molecule has 1 atom stereocenters. The van der Waals surface area contributed by atoms with Gasteiger partial charge in [-0.25, -0.2) is 0 Å². The largest absolute Gasteiger partial charge is 0.416 e. The minimum absolute atomic E-state index is 0.0753. The topological polar surface area (TPSA) is 58.6 Å². The van der Waals surface area contributed by atoms with E-state index in [1.54, 1.807) is 13.8 Å². The molecule has 0 saturated heterocycles. The van der Waals surface area contributed by atoms with Crippen LogP contribution in [0.15, 0.2) is 0 Å². The summed E-state index contributed by atoms with van der Waals surface area (Å²) in [4.78, 5) is 11.2. The molecule has 0 bridgehead atoms. The molecule has 0 aliphatic rings. The number of amides is 1.